The Morgan fingerprint density at radius 1 is 1.33 bits per heavy atom. The lowest BCUT2D eigenvalue weighted by molar-refractivity contribution is -0.275. The summed E-state index contributed by atoms with van der Waals surface area (Å²) in [5, 5.41) is 3.25. The molecule has 0 aromatic heterocycles. The van der Waals surface area contributed by atoms with E-state index in [4.69, 9.17) is 0 Å². The number of nitrogens with zero attached hydrogens (tertiary/aromatic N) is 1. The number of hydrogen-bond acceptors (Lipinski definition) is 3. The summed E-state index contributed by atoms with van der Waals surface area (Å²) >= 11 is 3.33. The second-order valence-electron chi connectivity index (χ2n) is 4.94. The largest absolute Gasteiger partial charge is 0.573 e. The van der Waals surface area contributed by atoms with E-state index in [0.29, 0.717) is 5.56 Å². The highest BCUT2D eigenvalue weighted by Crippen LogP contribution is 2.36. The number of rotatable bonds is 4. The van der Waals surface area contributed by atoms with Crippen LogP contribution in [0.2, 0.25) is 0 Å². The highest BCUT2D eigenvalue weighted by atomic mass is 79.9. The Kier molecular flexibility index (Phi) is 5.51. The van der Waals surface area contributed by atoms with E-state index in [0.717, 1.165) is 37.1 Å². The summed E-state index contributed by atoms with van der Waals surface area (Å²) in [4.78, 5) is 2.20. The molecule has 2 rings (SSSR count). The van der Waals surface area contributed by atoms with Crippen LogP contribution in [0.3, 0.4) is 0 Å². The van der Waals surface area contributed by atoms with E-state index in [1.807, 2.05) is 6.92 Å². The van der Waals surface area contributed by atoms with Gasteiger partial charge in [0.25, 0.3) is 0 Å². The van der Waals surface area contributed by atoms with Crippen molar-refractivity contribution in [3.63, 3.8) is 0 Å². The van der Waals surface area contributed by atoms with Gasteiger partial charge >= 0.3 is 6.36 Å². The topological polar surface area (TPSA) is 24.5 Å². The lowest BCUT2D eigenvalue weighted by Gasteiger charge is -2.35. The van der Waals surface area contributed by atoms with E-state index in [9.17, 15) is 13.2 Å². The van der Waals surface area contributed by atoms with Gasteiger partial charge in [0, 0.05) is 42.3 Å². The van der Waals surface area contributed by atoms with Crippen molar-refractivity contribution < 1.29 is 17.9 Å². The van der Waals surface area contributed by atoms with Crippen molar-refractivity contribution in [1.29, 1.82) is 0 Å². The molecule has 7 heteroatoms. The highest BCUT2D eigenvalue weighted by molar-refractivity contribution is 9.10. The first-order valence-electron chi connectivity index (χ1n) is 6.90. The Morgan fingerprint density at radius 2 is 2.00 bits per heavy atom. The second-order valence-corrected chi connectivity index (χ2v) is 5.86. The minimum atomic E-state index is -4.68. The van der Waals surface area contributed by atoms with Crippen LogP contribution in [0.4, 0.5) is 13.2 Å². The quantitative estimate of drug-likeness (QED) is 0.878. The zero-order valence-corrected chi connectivity index (χ0v) is 13.3. The van der Waals surface area contributed by atoms with Gasteiger partial charge in [0.15, 0.2) is 0 Å². The Bertz CT molecular complexity index is 476. The van der Waals surface area contributed by atoms with Crippen molar-refractivity contribution in [2.24, 2.45) is 0 Å². The van der Waals surface area contributed by atoms with Crippen LogP contribution in [-0.2, 0) is 0 Å². The van der Waals surface area contributed by atoms with E-state index < -0.39 is 6.36 Å². The number of nitrogens with one attached hydrogen (secondary N) is 1. The Balaban J connectivity index is 2.31. The van der Waals surface area contributed by atoms with Crippen LogP contribution < -0.4 is 10.1 Å². The fourth-order valence-corrected chi connectivity index (χ4v) is 3.04. The molecule has 0 aliphatic carbocycles. The van der Waals surface area contributed by atoms with Gasteiger partial charge in [-0.05, 0) is 24.6 Å². The van der Waals surface area contributed by atoms with E-state index in [1.54, 1.807) is 12.1 Å². The molecule has 3 nitrogen and oxygen atoms in total. The molecule has 1 saturated heterocycles. The highest BCUT2D eigenvalue weighted by Gasteiger charge is 2.34. The molecule has 1 atom stereocenters. The third-order valence-electron chi connectivity index (χ3n) is 3.54. The third kappa shape index (κ3) is 4.59. The normalized spacial score (nSPS) is 18.5. The van der Waals surface area contributed by atoms with Crippen LogP contribution in [0.25, 0.3) is 0 Å². The summed E-state index contributed by atoms with van der Waals surface area (Å²) in [6.07, 6.45) is -3.95. The molecule has 0 amide bonds. The summed E-state index contributed by atoms with van der Waals surface area (Å²) in [6, 6.07) is 4.58. The van der Waals surface area contributed by atoms with Crippen LogP contribution in [0.15, 0.2) is 22.7 Å². The van der Waals surface area contributed by atoms with Crippen molar-refractivity contribution in [1.82, 2.24) is 10.2 Å². The van der Waals surface area contributed by atoms with Gasteiger partial charge < -0.3 is 10.1 Å². The van der Waals surface area contributed by atoms with E-state index in [2.05, 4.69) is 30.9 Å². The van der Waals surface area contributed by atoms with Gasteiger partial charge in [-0.1, -0.05) is 22.9 Å². The molecule has 1 aromatic rings. The fourth-order valence-electron chi connectivity index (χ4n) is 2.67. The van der Waals surface area contributed by atoms with Crippen molar-refractivity contribution in [2.45, 2.75) is 25.7 Å². The summed E-state index contributed by atoms with van der Waals surface area (Å²) < 4.78 is 42.7. The summed E-state index contributed by atoms with van der Waals surface area (Å²) in [6.45, 7) is 5.30. The molecule has 0 radical (unpaired) electrons. The molecule has 1 aromatic carbocycles. The zero-order chi connectivity index (χ0) is 15.5. The van der Waals surface area contributed by atoms with Gasteiger partial charge in [-0.3, -0.25) is 4.90 Å². The molecule has 1 aliphatic rings. The summed E-state index contributed by atoms with van der Waals surface area (Å²) in [5.41, 5.74) is 0.575. The molecule has 1 fully saturated rings. The molecule has 1 aliphatic heterocycles. The maximum absolute atomic E-state index is 12.6. The van der Waals surface area contributed by atoms with Gasteiger partial charge in [0.2, 0.25) is 0 Å². The summed E-state index contributed by atoms with van der Waals surface area (Å²) in [7, 11) is 0. The van der Waals surface area contributed by atoms with Crippen LogP contribution >= 0.6 is 15.9 Å². The van der Waals surface area contributed by atoms with E-state index in [1.165, 1.54) is 6.07 Å². The van der Waals surface area contributed by atoms with E-state index >= 15 is 0 Å². The maximum atomic E-state index is 12.6. The maximum Gasteiger partial charge on any atom is 0.573 e. The zero-order valence-electron chi connectivity index (χ0n) is 11.7. The number of benzene rings is 1. The molecule has 118 valence electrons. The SMILES string of the molecule is CC[C@H](c1cc(Br)ccc1OC(F)(F)F)N1CCNCC1. The predicted octanol–water partition coefficient (Wildman–Crippen LogP) is 3.70. The Morgan fingerprint density at radius 3 is 2.57 bits per heavy atom. The van der Waals surface area contributed by atoms with Gasteiger partial charge in [0.05, 0.1) is 0 Å². The van der Waals surface area contributed by atoms with Gasteiger partial charge in [0.1, 0.15) is 5.75 Å². The van der Waals surface area contributed by atoms with Gasteiger partial charge in [-0.15, -0.1) is 13.2 Å². The molecule has 21 heavy (non-hydrogen) atoms. The van der Waals surface area contributed by atoms with Crippen molar-refractivity contribution in [3.05, 3.63) is 28.2 Å². The van der Waals surface area contributed by atoms with Gasteiger partial charge in [-0.2, -0.15) is 0 Å². The van der Waals surface area contributed by atoms with Crippen LogP contribution in [0.1, 0.15) is 24.9 Å². The van der Waals surface area contributed by atoms with Crippen LogP contribution in [0.5, 0.6) is 5.75 Å². The minimum Gasteiger partial charge on any atom is -0.405 e. The summed E-state index contributed by atoms with van der Waals surface area (Å²) in [5.74, 6) is -0.115. The lowest BCUT2D eigenvalue weighted by atomic mass is 10.0. The number of ether oxygens (including phenoxy) is 1. The standard InChI is InChI=1S/C14H18BrF3N2O/c1-2-12(20-7-5-19-6-8-20)11-9-10(15)3-4-13(11)21-14(16,17)18/h3-4,9,12,19H,2,5-8H2,1H3/t12-/m1/s1. The predicted molar refractivity (Wildman–Crippen MR) is 78.3 cm³/mol. The second kappa shape index (κ2) is 6.98. The first-order valence-corrected chi connectivity index (χ1v) is 7.70. The molecule has 0 spiro atoms. The van der Waals surface area contributed by atoms with Crippen molar-refractivity contribution in [3.8, 4) is 5.75 Å². The minimum absolute atomic E-state index is 0.0815. The van der Waals surface area contributed by atoms with Crippen LogP contribution in [-0.4, -0.2) is 37.4 Å². The number of halogens is 4. The Labute approximate surface area is 130 Å². The average molecular weight is 367 g/mol. The number of alkyl halides is 3. The molecule has 0 bridgehead atoms. The van der Waals surface area contributed by atoms with Crippen molar-refractivity contribution >= 4 is 15.9 Å². The molecular formula is C14H18BrF3N2O. The van der Waals surface area contributed by atoms with Crippen LogP contribution in [0, 0.1) is 0 Å². The molecular weight excluding hydrogens is 349 g/mol. The number of piperazine rings is 1. The molecule has 0 unspecified atom stereocenters. The first kappa shape index (κ1) is 16.6. The van der Waals surface area contributed by atoms with Gasteiger partial charge in [-0.25, -0.2) is 0 Å². The first-order chi connectivity index (χ1) is 9.90. The molecule has 0 saturated carbocycles. The smallest absolute Gasteiger partial charge is 0.405 e. The third-order valence-corrected chi connectivity index (χ3v) is 4.03. The van der Waals surface area contributed by atoms with Crippen molar-refractivity contribution in [2.75, 3.05) is 26.2 Å². The average Bonchev–Trinajstić information content (AvgIpc) is 2.42. The van der Waals surface area contributed by atoms with E-state index in [-0.39, 0.29) is 11.8 Å². The molecule has 1 N–H and O–H groups in total. The number of hydrogen-bond donors (Lipinski definition) is 1. The lowest BCUT2D eigenvalue weighted by Crippen LogP contribution is -2.45. The Hall–Kier alpha value is -0.790. The monoisotopic (exact) mass is 366 g/mol. The molecule has 1 heterocycles. The fraction of sp³-hybridized carbons (Fsp3) is 0.571.